The minimum atomic E-state index is -0.127. The molecule has 0 saturated carbocycles. The molecule has 0 spiro atoms. The van der Waals surface area contributed by atoms with Crippen molar-refractivity contribution in [1.29, 1.82) is 0 Å². The first-order valence-corrected chi connectivity index (χ1v) is 11.3. The first kappa shape index (κ1) is 23.2. The molecular weight excluding hydrogens is 400 g/mol. The normalized spacial score (nSPS) is 10.4. The Morgan fingerprint density at radius 2 is 1.53 bits per heavy atom. The fourth-order valence-electron chi connectivity index (χ4n) is 3.18. The molecule has 0 fully saturated rings. The summed E-state index contributed by atoms with van der Waals surface area (Å²) in [6.45, 7) is 3.60. The second kappa shape index (κ2) is 13.1. The van der Waals surface area contributed by atoms with Crippen molar-refractivity contribution < 1.29 is 14.3 Å². The first-order valence-electron chi connectivity index (χ1n) is 11.3. The quantitative estimate of drug-likeness (QED) is 0.329. The molecule has 0 bridgehead atoms. The smallest absolute Gasteiger partial charge is 0.243 e. The number of rotatable bonds is 13. The van der Waals surface area contributed by atoms with Crippen LogP contribution in [0.3, 0.4) is 0 Å². The fraction of sp³-hybridized carbons (Fsp3) is 0.296. The van der Waals surface area contributed by atoms with Crippen LogP contribution in [0.15, 0.2) is 78.9 Å². The Kier molecular flexibility index (Phi) is 9.46. The van der Waals surface area contributed by atoms with Gasteiger partial charge in [0.25, 0.3) is 0 Å². The van der Waals surface area contributed by atoms with Crippen LogP contribution in [0, 0.1) is 0 Å². The number of anilines is 2. The van der Waals surface area contributed by atoms with Gasteiger partial charge >= 0.3 is 0 Å². The molecule has 3 aromatic rings. The lowest BCUT2D eigenvalue weighted by Crippen LogP contribution is -2.22. The zero-order valence-corrected chi connectivity index (χ0v) is 18.7. The zero-order valence-electron chi connectivity index (χ0n) is 18.7. The van der Waals surface area contributed by atoms with Crippen LogP contribution in [0.1, 0.15) is 31.7 Å². The van der Waals surface area contributed by atoms with Gasteiger partial charge < -0.3 is 20.1 Å². The molecule has 0 saturated heterocycles. The van der Waals surface area contributed by atoms with Crippen LogP contribution in [0.5, 0.6) is 11.5 Å². The lowest BCUT2D eigenvalue weighted by atomic mass is 10.1. The highest BCUT2D eigenvalue weighted by molar-refractivity contribution is 5.95. The van der Waals surface area contributed by atoms with E-state index in [2.05, 4.69) is 41.8 Å². The van der Waals surface area contributed by atoms with Crippen molar-refractivity contribution in [3.63, 3.8) is 0 Å². The van der Waals surface area contributed by atoms with Crippen LogP contribution >= 0.6 is 0 Å². The molecule has 3 aromatic carbocycles. The third-order valence-electron chi connectivity index (χ3n) is 4.95. The van der Waals surface area contributed by atoms with Crippen LogP contribution < -0.4 is 20.1 Å². The SMILES string of the molecule is CCCCOc1ccccc1NC(=O)CNc1ccc(OCCCc2ccccc2)cc1. The molecule has 0 aliphatic rings. The van der Waals surface area contributed by atoms with Gasteiger partial charge in [-0.05, 0) is 61.2 Å². The van der Waals surface area contributed by atoms with E-state index in [4.69, 9.17) is 9.47 Å². The van der Waals surface area contributed by atoms with Gasteiger partial charge in [0.1, 0.15) is 11.5 Å². The highest BCUT2D eigenvalue weighted by Gasteiger charge is 2.07. The number of hydrogen-bond donors (Lipinski definition) is 2. The minimum Gasteiger partial charge on any atom is -0.494 e. The van der Waals surface area contributed by atoms with Crippen molar-refractivity contribution in [2.45, 2.75) is 32.6 Å². The van der Waals surface area contributed by atoms with Gasteiger partial charge in [-0.2, -0.15) is 0 Å². The van der Waals surface area contributed by atoms with Gasteiger partial charge in [0, 0.05) is 5.69 Å². The van der Waals surface area contributed by atoms with Crippen molar-refractivity contribution in [1.82, 2.24) is 0 Å². The van der Waals surface area contributed by atoms with E-state index in [0.29, 0.717) is 24.7 Å². The summed E-state index contributed by atoms with van der Waals surface area (Å²) < 4.78 is 11.6. The number of carbonyl (C=O) groups excluding carboxylic acids is 1. The van der Waals surface area contributed by atoms with Crippen molar-refractivity contribution in [3.05, 3.63) is 84.4 Å². The maximum atomic E-state index is 12.4. The summed E-state index contributed by atoms with van der Waals surface area (Å²) in [6, 6.07) is 25.6. The van der Waals surface area contributed by atoms with E-state index >= 15 is 0 Å². The van der Waals surface area contributed by atoms with Crippen molar-refractivity contribution in [2.75, 3.05) is 30.4 Å². The average molecular weight is 433 g/mol. The lowest BCUT2D eigenvalue weighted by Gasteiger charge is -2.13. The molecule has 32 heavy (non-hydrogen) atoms. The molecular formula is C27H32N2O3. The van der Waals surface area contributed by atoms with Crippen molar-refractivity contribution in [3.8, 4) is 11.5 Å². The maximum Gasteiger partial charge on any atom is 0.243 e. The standard InChI is InChI=1S/C27H32N2O3/c1-2-3-19-32-26-14-8-7-13-25(26)29-27(30)21-28-23-15-17-24(18-16-23)31-20-9-12-22-10-5-4-6-11-22/h4-8,10-11,13-18,28H,2-3,9,12,19-21H2,1H3,(H,29,30). The third kappa shape index (κ3) is 7.99. The summed E-state index contributed by atoms with van der Waals surface area (Å²) in [5.41, 5.74) is 2.88. The molecule has 0 radical (unpaired) electrons. The monoisotopic (exact) mass is 432 g/mol. The number of unbranched alkanes of at least 4 members (excludes halogenated alkanes) is 1. The van der Waals surface area contributed by atoms with Crippen molar-refractivity contribution in [2.24, 2.45) is 0 Å². The molecule has 0 atom stereocenters. The van der Waals surface area contributed by atoms with Gasteiger partial charge in [0.15, 0.2) is 0 Å². The Hall–Kier alpha value is -3.47. The predicted octanol–water partition coefficient (Wildman–Crippen LogP) is 5.93. The molecule has 0 aromatic heterocycles. The fourth-order valence-corrected chi connectivity index (χ4v) is 3.18. The summed E-state index contributed by atoms with van der Waals surface area (Å²) in [4.78, 5) is 12.4. The second-order valence-electron chi connectivity index (χ2n) is 7.56. The van der Waals surface area contributed by atoms with E-state index in [1.54, 1.807) is 0 Å². The Labute approximate surface area is 190 Å². The molecule has 3 rings (SSSR count). The van der Waals surface area contributed by atoms with Crippen LogP contribution in [-0.4, -0.2) is 25.7 Å². The minimum absolute atomic E-state index is 0.127. The van der Waals surface area contributed by atoms with E-state index < -0.39 is 0 Å². The van der Waals surface area contributed by atoms with Gasteiger partial charge in [-0.15, -0.1) is 0 Å². The van der Waals surface area contributed by atoms with Crippen LogP contribution in [0.4, 0.5) is 11.4 Å². The Morgan fingerprint density at radius 3 is 2.31 bits per heavy atom. The number of amides is 1. The molecule has 0 aliphatic carbocycles. The number of para-hydroxylation sites is 2. The van der Waals surface area contributed by atoms with E-state index in [1.807, 2.05) is 54.6 Å². The largest absolute Gasteiger partial charge is 0.494 e. The van der Waals surface area contributed by atoms with Crippen molar-refractivity contribution >= 4 is 17.3 Å². The van der Waals surface area contributed by atoms with Gasteiger partial charge in [-0.25, -0.2) is 0 Å². The number of ether oxygens (including phenoxy) is 2. The molecule has 2 N–H and O–H groups in total. The van der Waals surface area contributed by atoms with Crippen LogP contribution in [0.25, 0.3) is 0 Å². The molecule has 5 nitrogen and oxygen atoms in total. The summed E-state index contributed by atoms with van der Waals surface area (Å²) in [7, 11) is 0. The lowest BCUT2D eigenvalue weighted by molar-refractivity contribution is -0.114. The molecule has 0 aliphatic heterocycles. The predicted molar refractivity (Wildman–Crippen MR) is 131 cm³/mol. The molecule has 0 unspecified atom stereocenters. The number of hydrogen-bond acceptors (Lipinski definition) is 4. The maximum absolute atomic E-state index is 12.4. The highest BCUT2D eigenvalue weighted by atomic mass is 16.5. The molecule has 1 amide bonds. The van der Waals surface area contributed by atoms with Crippen LogP contribution in [0.2, 0.25) is 0 Å². The Balaban J connectivity index is 1.39. The average Bonchev–Trinajstić information content (AvgIpc) is 2.83. The van der Waals surface area contributed by atoms with E-state index in [1.165, 1.54) is 5.56 Å². The van der Waals surface area contributed by atoms with Gasteiger partial charge in [-0.3, -0.25) is 4.79 Å². The van der Waals surface area contributed by atoms with E-state index in [0.717, 1.165) is 37.1 Å². The number of nitrogens with one attached hydrogen (secondary N) is 2. The second-order valence-corrected chi connectivity index (χ2v) is 7.56. The Morgan fingerprint density at radius 1 is 0.812 bits per heavy atom. The first-order chi connectivity index (χ1) is 15.7. The molecule has 0 heterocycles. The molecule has 168 valence electrons. The number of aryl methyl sites for hydroxylation is 1. The van der Waals surface area contributed by atoms with Gasteiger partial charge in [0.05, 0.1) is 25.4 Å². The zero-order chi connectivity index (χ0) is 22.4. The summed E-state index contributed by atoms with van der Waals surface area (Å²) in [5.74, 6) is 1.40. The summed E-state index contributed by atoms with van der Waals surface area (Å²) in [6.07, 6.45) is 4.02. The van der Waals surface area contributed by atoms with Gasteiger partial charge in [-0.1, -0.05) is 55.8 Å². The number of benzene rings is 3. The third-order valence-corrected chi connectivity index (χ3v) is 4.95. The topological polar surface area (TPSA) is 59.6 Å². The summed E-state index contributed by atoms with van der Waals surface area (Å²) in [5, 5.41) is 6.06. The number of carbonyl (C=O) groups is 1. The highest BCUT2D eigenvalue weighted by Crippen LogP contribution is 2.24. The van der Waals surface area contributed by atoms with E-state index in [9.17, 15) is 4.79 Å². The summed E-state index contributed by atoms with van der Waals surface area (Å²) >= 11 is 0. The van der Waals surface area contributed by atoms with E-state index in [-0.39, 0.29) is 12.5 Å². The Bertz CT molecular complexity index is 943. The molecule has 5 heteroatoms. The van der Waals surface area contributed by atoms with Gasteiger partial charge in [0.2, 0.25) is 5.91 Å². The van der Waals surface area contributed by atoms with Crippen LogP contribution in [-0.2, 0) is 11.2 Å².